The quantitative estimate of drug-likeness (QED) is 0.512. The zero-order valence-electron chi connectivity index (χ0n) is 5.65. The first-order valence-electron chi connectivity index (χ1n) is 2.32. The molecule has 0 N–H and O–H groups in total. The number of hydrogen-bond donors (Lipinski definition) is 0. The molecule has 12 heavy (non-hydrogen) atoms. The van der Waals surface area contributed by atoms with Gasteiger partial charge in [-0.05, 0) is 6.92 Å². The molecule has 0 spiro atoms. The molecule has 0 heterocycles. The second kappa shape index (κ2) is 6.68. The molecule has 0 saturated carbocycles. The van der Waals surface area contributed by atoms with E-state index in [4.69, 9.17) is 0 Å². The van der Waals surface area contributed by atoms with Crippen LogP contribution < -0.4 is 0 Å². The fourth-order valence-corrected chi connectivity index (χ4v) is 0. The van der Waals surface area contributed by atoms with E-state index in [1.165, 1.54) is 0 Å². The van der Waals surface area contributed by atoms with Crippen molar-refractivity contribution in [1.29, 1.82) is 0 Å². The van der Waals surface area contributed by atoms with Gasteiger partial charge in [-0.15, -0.1) is 0 Å². The third kappa shape index (κ3) is 11.7. The van der Waals surface area contributed by atoms with E-state index in [-0.39, 0.29) is 0 Å². The Labute approximate surface area is 63.0 Å². The van der Waals surface area contributed by atoms with E-state index < -0.39 is 24.1 Å². The molecule has 0 bridgehead atoms. The Morgan fingerprint density at radius 2 is 0.750 bits per heavy atom. The molecule has 0 amide bonds. The summed E-state index contributed by atoms with van der Waals surface area (Å²) in [4.78, 5) is 0. The van der Waals surface area contributed by atoms with Gasteiger partial charge in [-0.25, -0.2) is 4.39 Å². The van der Waals surface area contributed by atoms with E-state index in [0.717, 1.165) is 0 Å². The van der Waals surface area contributed by atoms with Crippen LogP contribution in [0.5, 0.6) is 0 Å². The van der Waals surface area contributed by atoms with Crippen LogP contribution in [0.1, 0.15) is 6.92 Å². The molecule has 0 aromatic carbocycles. The molecule has 0 aromatic rings. The van der Waals surface area contributed by atoms with Gasteiger partial charge < -0.3 is 0 Å². The summed E-state index contributed by atoms with van der Waals surface area (Å²) in [5.41, 5.74) is 0. The van der Waals surface area contributed by atoms with Crippen molar-refractivity contribution in [1.82, 2.24) is 0 Å². The van der Waals surface area contributed by atoms with Gasteiger partial charge in [0.1, 0.15) is 0 Å². The predicted octanol–water partition coefficient (Wildman–Crippen LogP) is 4.07. The Kier molecular flexibility index (Phi) is 7.56. The van der Waals surface area contributed by atoms with Gasteiger partial charge in [0.25, 0.3) is 0 Å². The van der Waals surface area contributed by atoms with Gasteiger partial charge in [-0.2, -0.15) is 26.3 Å². The lowest BCUT2D eigenvalue weighted by atomic mass is 10.7. The van der Waals surface area contributed by atoms with Crippen LogP contribution in [0.2, 0.25) is 0 Å². The summed E-state index contributed by atoms with van der Waals surface area (Å²) in [5.74, 6) is -1.41. The first kappa shape index (κ1) is 13.6. The molecule has 0 atom stereocenters. The zero-order chi connectivity index (χ0) is 10.3. The Bertz CT molecular complexity index is 134. The highest BCUT2D eigenvalue weighted by atomic mass is 19.3. The van der Waals surface area contributed by atoms with E-state index in [1.807, 2.05) is 0 Å². The molecule has 7 heteroatoms. The summed E-state index contributed by atoms with van der Waals surface area (Å²) in [6, 6.07) is 0. The highest BCUT2D eigenvalue weighted by Gasteiger charge is 1.98. The molecule has 0 aromatic heterocycles. The van der Waals surface area contributed by atoms with Crippen LogP contribution in [0.15, 0.2) is 24.1 Å². The highest BCUT2D eigenvalue weighted by molar-refractivity contribution is 4.84. The molecule has 0 fully saturated rings. The summed E-state index contributed by atoms with van der Waals surface area (Å²) in [6.07, 6.45) is -8.06. The van der Waals surface area contributed by atoms with Crippen molar-refractivity contribution in [2.24, 2.45) is 0 Å². The Balaban J connectivity index is 0. The van der Waals surface area contributed by atoms with Crippen LogP contribution >= 0.6 is 0 Å². The minimum atomic E-state index is -2.91. The summed E-state index contributed by atoms with van der Waals surface area (Å²) in [6.45, 7) is 0.704. The average Bonchev–Trinajstić information content (AvgIpc) is 1.88. The molecule has 0 unspecified atom stereocenters. The van der Waals surface area contributed by atoms with Crippen molar-refractivity contribution in [3.8, 4) is 0 Å². The molecule has 0 aliphatic rings. The third-order valence-corrected chi connectivity index (χ3v) is 0.403. The third-order valence-electron chi connectivity index (χ3n) is 0.403. The fourth-order valence-electron chi connectivity index (χ4n) is 0. The van der Waals surface area contributed by atoms with Crippen LogP contribution in [-0.2, 0) is 0 Å². The Morgan fingerprint density at radius 1 is 0.583 bits per heavy atom. The van der Waals surface area contributed by atoms with Gasteiger partial charge in [0, 0.05) is 0 Å². The largest absolute Gasteiger partial charge is 0.334 e. The van der Waals surface area contributed by atoms with Crippen LogP contribution in [0, 0.1) is 0 Å². The van der Waals surface area contributed by atoms with Crippen molar-refractivity contribution in [3.63, 3.8) is 0 Å². The average molecular weight is 196 g/mol. The molecule has 0 rings (SSSR count). The zero-order valence-corrected chi connectivity index (χ0v) is 5.65. The van der Waals surface area contributed by atoms with E-state index in [1.54, 1.807) is 0 Å². The number of hydrogen-bond acceptors (Lipinski definition) is 0. The number of halogens is 7. The van der Waals surface area contributed by atoms with Crippen LogP contribution in [-0.4, -0.2) is 0 Å². The van der Waals surface area contributed by atoms with E-state index >= 15 is 0 Å². The number of allylic oxidation sites excluding steroid dienone is 1. The van der Waals surface area contributed by atoms with Crippen molar-refractivity contribution >= 4 is 0 Å². The smallest absolute Gasteiger partial charge is 0.206 e. The molecule has 0 aliphatic heterocycles. The van der Waals surface area contributed by atoms with E-state index in [0.29, 0.717) is 6.92 Å². The maximum Gasteiger partial charge on any atom is 0.334 e. The Morgan fingerprint density at radius 3 is 0.750 bits per heavy atom. The summed E-state index contributed by atoms with van der Waals surface area (Å²) >= 11 is 0. The van der Waals surface area contributed by atoms with Gasteiger partial charge in [0.2, 0.25) is 0 Å². The summed E-state index contributed by atoms with van der Waals surface area (Å²) < 4.78 is 73.4. The topological polar surface area (TPSA) is 0 Å². The fraction of sp³-hybridized carbons (Fsp3) is 0.200. The molecular formula is C5H3F7. The molecule has 0 nitrogen and oxygen atoms in total. The predicted molar refractivity (Wildman–Crippen MR) is 27.5 cm³/mol. The van der Waals surface area contributed by atoms with Crippen molar-refractivity contribution in [2.75, 3.05) is 0 Å². The first-order valence-corrected chi connectivity index (χ1v) is 2.32. The van der Waals surface area contributed by atoms with Gasteiger partial charge >= 0.3 is 18.2 Å². The monoisotopic (exact) mass is 196 g/mol. The van der Waals surface area contributed by atoms with E-state index in [2.05, 4.69) is 0 Å². The number of rotatable bonds is 0. The lowest BCUT2D eigenvalue weighted by Crippen LogP contribution is -1.59. The molecule has 72 valence electrons. The second-order valence-electron chi connectivity index (χ2n) is 1.31. The summed E-state index contributed by atoms with van der Waals surface area (Å²) in [5, 5.41) is 0. The summed E-state index contributed by atoms with van der Waals surface area (Å²) in [7, 11) is 0. The second-order valence-corrected chi connectivity index (χ2v) is 1.31. The molecule has 0 saturated heterocycles. The normalized spacial score (nSPS) is 8.00. The van der Waals surface area contributed by atoms with Gasteiger partial charge in [-0.3, -0.25) is 0 Å². The Hall–Kier alpha value is -1.01. The van der Waals surface area contributed by atoms with Crippen LogP contribution in [0.25, 0.3) is 0 Å². The molecular weight excluding hydrogens is 193 g/mol. The van der Waals surface area contributed by atoms with Crippen molar-refractivity contribution in [2.45, 2.75) is 6.92 Å². The standard InChI is InChI=1S/C3H3F3.C2F4/c1-2(4)3(5)6;3-1(4)2(5)6/h1H3;. The van der Waals surface area contributed by atoms with Crippen molar-refractivity contribution < 1.29 is 30.7 Å². The van der Waals surface area contributed by atoms with Gasteiger partial charge in [0.05, 0.1) is 0 Å². The van der Waals surface area contributed by atoms with Gasteiger partial charge in [-0.1, -0.05) is 0 Å². The lowest BCUT2D eigenvalue weighted by Gasteiger charge is -1.73. The lowest BCUT2D eigenvalue weighted by molar-refractivity contribution is 0.308. The minimum Gasteiger partial charge on any atom is -0.206 e. The maximum absolute atomic E-state index is 11.0. The molecule has 0 aliphatic carbocycles. The minimum absolute atomic E-state index is 0.704. The van der Waals surface area contributed by atoms with Gasteiger partial charge in [0.15, 0.2) is 5.83 Å². The van der Waals surface area contributed by atoms with Crippen LogP contribution in [0.3, 0.4) is 0 Å². The maximum atomic E-state index is 11.0. The van der Waals surface area contributed by atoms with Crippen LogP contribution in [0.4, 0.5) is 30.7 Å². The van der Waals surface area contributed by atoms with E-state index in [9.17, 15) is 30.7 Å². The highest BCUT2D eigenvalue weighted by Crippen LogP contribution is 2.08. The van der Waals surface area contributed by atoms with Crippen molar-refractivity contribution in [3.05, 3.63) is 24.1 Å². The first-order chi connectivity index (χ1) is 5.29. The molecule has 0 radical (unpaired) electrons. The SMILES string of the molecule is CC(F)=C(F)F.FC(F)=C(F)F.